The highest BCUT2D eigenvalue weighted by molar-refractivity contribution is 7.14. The van der Waals surface area contributed by atoms with Gasteiger partial charge >= 0.3 is 0 Å². The van der Waals surface area contributed by atoms with E-state index in [1.807, 2.05) is 43.3 Å². The number of likely N-dealkylation sites (tertiary alicyclic amines) is 1. The molecule has 1 aliphatic heterocycles. The molecule has 1 aromatic carbocycles. The van der Waals surface area contributed by atoms with E-state index >= 15 is 0 Å². The number of rotatable bonds is 7. The number of hydrogen-bond acceptors (Lipinski definition) is 7. The first kappa shape index (κ1) is 19.6. The molecule has 1 amide bonds. The monoisotopic (exact) mass is 412 g/mol. The average Bonchev–Trinajstić information content (AvgIpc) is 3.42. The Balaban J connectivity index is 1.28. The minimum absolute atomic E-state index is 0.0216. The van der Waals surface area contributed by atoms with E-state index in [4.69, 9.17) is 9.15 Å². The number of hydrogen-bond donors (Lipinski definition) is 1. The van der Waals surface area contributed by atoms with Crippen LogP contribution in [0.1, 0.15) is 30.7 Å². The van der Waals surface area contributed by atoms with Crippen molar-refractivity contribution in [1.82, 2.24) is 15.1 Å². The number of aromatic nitrogens is 2. The van der Waals surface area contributed by atoms with Gasteiger partial charge in [0, 0.05) is 5.92 Å². The number of carbonyl (C=O) groups excluding carboxylic acids is 1. The number of amides is 1. The number of ether oxygens (including phenoxy) is 1. The molecule has 4 rings (SSSR count). The Labute approximate surface area is 173 Å². The third kappa shape index (κ3) is 4.83. The Kier molecular flexibility index (Phi) is 6.21. The summed E-state index contributed by atoms with van der Waals surface area (Å²) in [5, 5.41) is 13.5. The zero-order chi connectivity index (χ0) is 20.1. The van der Waals surface area contributed by atoms with Gasteiger partial charge in [-0.3, -0.25) is 9.69 Å². The Morgan fingerprint density at radius 2 is 2.07 bits per heavy atom. The molecular weight excluding hydrogens is 388 g/mol. The van der Waals surface area contributed by atoms with Gasteiger partial charge in [-0.05, 0) is 57.1 Å². The molecule has 0 atom stereocenters. The van der Waals surface area contributed by atoms with Crippen molar-refractivity contribution in [1.29, 1.82) is 0 Å². The molecule has 0 bridgehead atoms. The highest BCUT2D eigenvalue weighted by atomic mass is 32.1. The molecule has 7 nitrogen and oxygen atoms in total. The van der Waals surface area contributed by atoms with E-state index in [9.17, 15) is 4.79 Å². The molecule has 0 aliphatic carbocycles. The quantitative estimate of drug-likeness (QED) is 0.631. The van der Waals surface area contributed by atoms with Gasteiger partial charge < -0.3 is 14.5 Å². The third-order valence-electron chi connectivity index (χ3n) is 4.94. The normalized spacial score (nSPS) is 15.3. The van der Waals surface area contributed by atoms with E-state index in [1.54, 1.807) is 17.6 Å². The third-order valence-corrected chi connectivity index (χ3v) is 6.04. The molecule has 152 valence electrons. The largest absolute Gasteiger partial charge is 0.492 e. The number of benzene rings is 1. The first-order valence-electron chi connectivity index (χ1n) is 9.84. The molecule has 0 radical (unpaired) electrons. The second-order valence-corrected chi connectivity index (χ2v) is 7.96. The first-order chi connectivity index (χ1) is 14.2. The maximum absolute atomic E-state index is 12.5. The molecule has 3 aromatic rings. The molecule has 2 aromatic heterocycles. The fraction of sp³-hybridized carbons (Fsp3) is 0.381. The molecule has 0 saturated carbocycles. The number of anilines is 1. The van der Waals surface area contributed by atoms with Crippen LogP contribution in [0.25, 0.3) is 10.8 Å². The van der Waals surface area contributed by atoms with Gasteiger partial charge in [0.05, 0.1) is 25.1 Å². The predicted molar refractivity (Wildman–Crippen MR) is 112 cm³/mol. The lowest BCUT2D eigenvalue weighted by Gasteiger charge is -2.30. The van der Waals surface area contributed by atoms with Crippen LogP contribution in [0.5, 0.6) is 5.75 Å². The number of nitrogens with one attached hydrogen (secondary N) is 1. The van der Waals surface area contributed by atoms with Crippen molar-refractivity contribution >= 4 is 22.9 Å². The predicted octanol–water partition coefficient (Wildman–Crippen LogP) is 4.01. The van der Waals surface area contributed by atoms with E-state index in [1.165, 1.54) is 0 Å². The van der Waals surface area contributed by atoms with Crippen molar-refractivity contribution in [2.24, 2.45) is 0 Å². The first-order valence-corrected chi connectivity index (χ1v) is 10.7. The Hall–Kier alpha value is -2.71. The number of carbonyl (C=O) groups is 1. The molecule has 3 heterocycles. The van der Waals surface area contributed by atoms with Gasteiger partial charge in [-0.15, -0.1) is 10.2 Å². The van der Waals surface area contributed by atoms with Crippen LogP contribution in [-0.2, 0) is 4.79 Å². The summed E-state index contributed by atoms with van der Waals surface area (Å²) in [4.78, 5) is 14.7. The average molecular weight is 413 g/mol. The lowest BCUT2D eigenvalue weighted by Crippen LogP contribution is -2.38. The fourth-order valence-corrected chi connectivity index (χ4v) is 4.46. The van der Waals surface area contributed by atoms with Gasteiger partial charge in [0.2, 0.25) is 5.91 Å². The maximum Gasteiger partial charge on any atom is 0.238 e. The Morgan fingerprint density at radius 1 is 1.24 bits per heavy atom. The lowest BCUT2D eigenvalue weighted by atomic mass is 9.98. The molecule has 0 spiro atoms. The molecule has 0 unspecified atom stereocenters. The summed E-state index contributed by atoms with van der Waals surface area (Å²) in [6, 6.07) is 11.3. The van der Waals surface area contributed by atoms with Gasteiger partial charge in [0.25, 0.3) is 0 Å². The van der Waals surface area contributed by atoms with Crippen LogP contribution < -0.4 is 10.1 Å². The van der Waals surface area contributed by atoms with Gasteiger partial charge in [-0.2, -0.15) is 0 Å². The zero-order valence-corrected chi connectivity index (χ0v) is 17.2. The number of nitrogens with zero attached hydrogens (tertiary/aromatic N) is 3. The molecule has 1 fully saturated rings. The van der Waals surface area contributed by atoms with E-state index in [-0.39, 0.29) is 5.91 Å². The highest BCUT2D eigenvalue weighted by Gasteiger charge is 2.25. The molecule has 1 saturated heterocycles. The van der Waals surface area contributed by atoms with Gasteiger partial charge in [0.1, 0.15) is 10.8 Å². The molecule has 1 N–H and O–H groups in total. The number of piperidine rings is 1. The van der Waals surface area contributed by atoms with Crippen LogP contribution in [0.15, 0.2) is 47.1 Å². The van der Waals surface area contributed by atoms with Crippen LogP contribution in [0, 0.1) is 0 Å². The SMILES string of the molecule is CCOc1ccccc1NC(=O)CN1CCC(c2nnc(-c3ccco3)s2)CC1. The van der Waals surface area contributed by atoms with Crippen LogP contribution >= 0.6 is 11.3 Å². The molecule has 29 heavy (non-hydrogen) atoms. The second kappa shape index (κ2) is 9.19. The Morgan fingerprint density at radius 3 is 2.83 bits per heavy atom. The van der Waals surface area contributed by atoms with Crippen molar-refractivity contribution in [3.8, 4) is 16.5 Å². The highest BCUT2D eigenvalue weighted by Crippen LogP contribution is 2.33. The second-order valence-electron chi connectivity index (χ2n) is 6.95. The van der Waals surface area contributed by atoms with E-state index < -0.39 is 0 Å². The van der Waals surface area contributed by atoms with Crippen LogP contribution in [0.2, 0.25) is 0 Å². The van der Waals surface area contributed by atoms with Gasteiger partial charge in [-0.25, -0.2) is 0 Å². The summed E-state index contributed by atoms with van der Waals surface area (Å²) in [6.45, 7) is 4.59. The number of furan rings is 1. The molecule has 1 aliphatic rings. The minimum Gasteiger partial charge on any atom is -0.492 e. The van der Waals surface area contributed by atoms with Crippen LogP contribution in [-0.4, -0.2) is 47.2 Å². The van der Waals surface area contributed by atoms with E-state index in [2.05, 4.69) is 20.4 Å². The van der Waals surface area contributed by atoms with Crippen molar-refractivity contribution in [2.45, 2.75) is 25.7 Å². The summed E-state index contributed by atoms with van der Waals surface area (Å²) in [5.41, 5.74) is 0.716. The van der Waals surface area contributed by atoms with Crippen molar-refractivity contribution < 1.29 is 13.9 Å². The summed E-state index contributed by atoms with van der Waals surface area (Å²) < 4.78 is 11.0. The zero-order valence-electron chi connectivity index (χ0n) is 16.3. The summed E-state index contributed by atoms with van der Waals surface area (Å²) >= 11 is 1.59. The summed E-state index contributed by atoms with van der Waals surface area (Å²) in [6.07, 6.45) is 3.58. The summed E-state index contributed by atoms with van der Waals surface area (Å²) in [5.74, 6) is 1.82. The standard InChI is InChI=1S/C21H24N4O3S/c1-2-27-17-7-4-3-6-16(17)22-19(26)14-25-11-9-15(10-12-25)20-23-24-21(29-20)18-8-5-13-28-18/h3-8,13,15H,2,9-12,14H2,1H3,(H,22,26). The fourth-order valence-electron chi connectivity index (χ4n) is 3.48. The van der Waals surface area contributed by atoms with Crippen molar-refractivity contribution in [3.05, 3.63) is 47.7 Å². The smallest absolute Gasteiger partial charge is 0.238 e. The topological polar surface area (TPSA) is 80.5 Å². The van der Waals surface area contributed by atoms with Crippen molar-refractivity contribution in [3.63, 3.8) is 0 Å². The van der Waals surface area contributed by atoms with Crippen LogP contribution in [0.4, 0.5) is 5.69 Å². The molecular formula is C21H24N4O3S. The summed E-state index contributed by atoms with van der Waals surface area (Å²) in [7, 11) is 0. The Bertz CT molecular complexity index is 933. The van der Waals surface area contributed by atoms with Gasteiger partial charge in [-0.1, -0.05) is 23.5 Å². The maximum atomic E-state index is 12.5. The van der Waals surface area contributed by atoms with Gasteiger partial charge in [0.15, 0.2) is 10.8 Å². The minimum atomic E-state index is -0.0216. The van der Waals surface area contributed by atoms with E-state index in [0.29, 0.717) is 30.5 Å². The van der Waals surface area contributed by atoms with E-state index in [0.717, 1.165) is 41.7 Å². The van der Waals surface area contributed by atoms with Crippen molar-refractivity contribution in [2.75, 3.05) is 31.6 Å². The number of para-hydroxylation sites is 2. The lowest BCUT2D eigenvalue weighted by molar-refractivity contribution is -0.117. The molecule has 8 heteroatoms. The van der Waals surface area contributed by atoms with Crippen LogP contribution in [0.3, 0.4) is 0 Å².